The van der Waals surface area contributed by atoms with Gasteiger partial charge in [-0.05, 0) is 109 Å². The minimum absolute atomic E-state index is 0.00304. The van der Waals surface area contributed by atoms with E-state index in [9.17, 15) is 22.8 Å². The van der Waals surface area contributed by atoms with Crippen molar-refractivity contribution in [2.75, 3.05) is 20.3 Å². The molecule has 4 aromatic rings. The number of carbonyl (C=O) groups excluding carboxylic acids is 3. The van der Waals surface area contributed by atoms with Crippen LogP contribution in [0.2, 0.25) is 0 Å². The number of rotatable bonds is 16. The normalized spacial score (nSPS) is 11.2. The van der Waals surface area contributed by atoms with Gasteiger partial charge in [-0.1, -0.05) is 30.8 Å². The number of hydrogen-bond donors (Lipinski definition) is 0. The molecule has 4 rings (SSSR count). The van der Waals surface area contributed by atoms with Gasteiger partial charge in [0.25, 0.3) is 0 Å². The minimum atomic E-state index is -3.90. The molecule has 4 aromatic carbocycles. The van der Waals surface area contributed by atoms with E-state index in [1.54, 1.807) is 67.8 Å². The molecule has 0 N–H and O–H groups in total. The summed E-state index contributed by atoms with van der Waals surface area (Å²) in [4.78, 5) is 35.6. The molecule has 11 heteroatoms. The molecule has 0 bridgehead atoms. The molecule has 0 atom stereocenters. The lowest BCUT2D eigenvalue weighted by Gasteiger charge is -2.08. The predicted octanol–water partition coefficient (Wildman–Crippen LogP) is 6.65. The number of unbranched alkanes of at least 4 members (excludes halogenated alkanes) is 1. The summed E-state index contributed by atoms with van der Waals surface area (Å²) < 4.78 is 52.6. The standard InChI is InChI=1S/C38H34O10S/c1-3-36(39)46-27-5-4-26-45-31-14-8-29(9-15-31)11-25-38(41)48-33-18-22-35(23-19-33)49(42,43)34-20-16-32(17-21-34)47-37(40)24-10-28-6-12-30(44-2)13-7-28/h3,6-25H,1,4-5,26-27H2,2H3/b24-10+,25-11+. The zero-order chi connectivity index (χ0) is 35.1. The molecule has 0 heterocycles. The van der Waals surface area contributed by atoms with Crippen molar-refractivity contribution in [2.24, 2.45) is 0 Å². The fraction of sp³-hybridized carbons (Fsp3) is 0.132. The van der Waals surface area contributed by atoms with E-state index < -0.39 is 27.7 Å². The number of hydrogen-bond acceptors (Lipinski definition) is 10. The monoisotopic (exact) mass is 682 g/mol. The van der Waals surface area contributed by atoms with Gasteiger partial charge in [0.05, 0.1) is 30.1 Å². The average Bonchev–Trinajstić information content (AvgIpc) is 3.12. The van der Waals surface area contributed by atoms with Gasteiger partial charge in [-0.3, -0.25) is 0 Å². The fourth-order valence-corrected chi connectivity index (χ4v) is 5.42. The van der Waals surface area contributed by atoms with Crippen LogP contribution in [-0.2, 0) is 29.0 Å². The Hall–Kier alpha value is -5.94. The summed E-state index contributed by atoms with van der Waals surface area (Å²) in [5, 5.41) is 0. The third-order valence-corrected chi connectivity index (χ3v) is 8.53. The molecule has 0 amide bonds. The van der Waals surface area contributed by atoms with Gasteiger partial charge in [-0.2, -0.15) is 0 Å². The Labute approximate surface area is 284 Å². The summed E-state index contributed by atoms with van der Waals surface area (Å²) in [7, 11) is -2.33. The quantitative estimate of drug-likeness (QED) is 0.0548. The van der Waals surface area contributed by atoms with Gasteiger partial charge in [-0.15, -0.1) is 0 Å². The van der Waals surface area contributed by atoms with Crippen molar-refractivity contribution < 1.29 is 46.5 Å². The molecular weight excluding hydrogens is 648 g/mol. The van der Waals surface area contributed by atoms with Gasteiger partial charge in [0.2, 0.25) is 9.84 Å². The molecule has 0 aliphatic heterocycles. The lowest BCUT2D eigenvalue weighted by molar-refractivity contribution is -0.138. The van der Waals surface area contributed by atoms with Crippen LogP contribution in [0, 0.1) is 0 Å². The number of sulfone groups is 1. The van der Waals surface area contributed by atoms with E-state index >= 15 is 0 Å². The zero-order valence-corrected chi connectivity index (χ0v) is 27.5. The second-order valence-electron chi connectivity index (χ2n) is 10.2. The first-order valence-corrected chi connectivity index (χ1v) is 16.6. The van der Waals surface area contributed by atoms with Gasteiger partial charge < -0.3 is 23.7 Å². The van der Waals surface area contributed by atoms with Crippen LogP contribution in [0.1, 0.15) is 24.0 Å². The molecule has 0 saturated heterocycles. The smallest absolute Gasteiger partial charge is 0.336 e. The van der Waals surface area contributed by atoms with Gasteiger partial charge in [0.15, 0.2) is 0 Å². The van der Waals surface area contributed by atoms with Crippen LogP contribution < -0.4 is 18.9 Å². The maximum Gasteiger partial charge on any atom is 0.336 e. The van der Waals surface area contributed by atoms with Crippen molar-refractivity contribution in [3.63, 3.8) is 0 Å². The molecular formula is C38H34O10S. The Morgan fingerprint density at radius 2 is 1.02 bits per heavy atom. The van der Waals surface area contributed by atoms with Crippen LogP contribution in [0.3, 0.4) is 0 Å². The first-order valence-electron chi connectivity index (χ1n) is 15.1. The van der Waals surface area contributed by atoms with E-state index in [0.717, 1.165) is 17.2 Å². The van der Waals surface area contributed by atoms with E-state index in [1.165, 1.54) is 60.7 Å². The lowest BCUT2D eigenvalue weighted by atomic mass is 10.2. The molecule has 0 aromatic heterocycles. The zero-order valence-electron chi connectivity index (χ0n) is 26.7. The Morgan fingerprint density at radius 3 is 1.47 bits per heavy atom. The molecule has 0 radical (unpaired) electrons. The Kier molecular flexibility index (Phi) is 13.1. The van der Waals surface area contributed by atoms with Gasteiger partial charge in [0, 0.05) is 18.2 Å². The van der Waals surface area contributed by atoms with Crippen molar-refractivity contribution in [1.29, 1.82) is 0 Å². The van der Waals surface area contributed by atoms with Gasteiger partial charge in [-0.25, -0.2) is 22.8 Å². The molecule has 49 heavy (non-hydrogen) atoms. The van der Waals surface area contributed by atoms with Gasteiger partial charge in [0.1, 0.15) is 23.0 Å². The third kappa shape index (κ3) is 11.4. The maximum absolute atomic E-state index is 13.1. The van der Waals surface area contributed by atoms with Crippen LogP contribution in [0.4, 0.5) is 0 Å². The van der Waals surface area contributed by atoms with Crippen LogP contribution in [0.15, 0.2) is 132 Å². The van der Waals surface area contributed by atoms with E-state index in [2.05, 4.69) is 6.58 Å². The summed E-state index contributed by atoms with van der Waals surface area (Å²) in [6, 6.07) is 25.1. The minimum Gasteiger partial charge on any atom is -0.497 e. The van der Waals surface area contributed by atoms with Gasteiger partial charge >= 0.3 is 17.9 Å². The van der Waals surface area contributed by atoms with E-state index in [1.807, 2.05) is 0 Å². The van der Waals surface area contributed by atoms with Crippen molar-refractivity contribution in [1.82, 2.24) is 0 Å². The van der Waals surface area contributed by atoms with E-state index in [0.29, 0.717) is 37.6 Å². The topological polar surface area (TPSA) is 132 Å². The largest absolute Gasteiger partial charge is 0.497 e. The fourth-order valence-electron chi connectivity index (χ4n) is 4.15. The highest BCUT2D eigenvalue weighted by atomic mass is 32.2. The Bertz CT molecular complexity index is 1890. The molecule has 0 saturated carbocycles. The Balaban J connectivity index is 1.24. The summed E-state index contributed by atoms with van der Waals surface area (Å²) in [5.41, 5.74) is 1.52. The van der Waals surface area contributed by atoms with Crippen molar-refractivity contribution in [2.45, 2.75) is 22.6 Å². The lowest BCUT2D eigenvalue weighted by Crippen LogP contribution is -2.06. The van der Waals surface area contributed by atoms with E-state index in [4.69, 9.17) is 23.7 Å². The second kappa shape index (κ2) is 17.8. The van der Waals surface area contributed by atoms with Crippen LogP contribution in [0.5, 0.6) is 23.0 Å². The molecule has 0 spiro atoms. The average molecular weight is 683 g/mol. The molecule has 0 aliphatic carbocycles. The third-order valence-electron chi connectivity index (χ3n) is 6.74. The number of benzene rings is 4. The number of methoxy groups -OCH3 is 1. The number of esters is 3. The van der Waals surface area contributed by atoms with Crippen molar-refractivity contribution in [3.05, 3.63) is 133 Å². The van der Waals surface area contributed by atoms with Crippen LogP contribution in [-0.4, -0.2) is 46.6 Å². The first kappa shape index (κ1) is 35.9. The predicted molar refractivity (Wildman–Crippen MR) is 183 cm³/mol. The summed E-state index contributed by atoms with van der Waals surface area (Å²) in [6.07, 6.45) is 8.20. The molecule has 252 valence electrons. The summed E-state index contributed by atoms with van der Waals surface area (Å²) in [6.45, 7) is 4.11. The molecule has 0 fully saturated rings. The Morgan fingerprint density at radius 1 is 0.592 bits per heavy atom. The van der Waals surface area contributed by atoms with Crippen LogP contribution >= 0.6 is 0 Å². The molecule has 10 nitrogen and oxygen atoms in total. The SMILES string of the molecule is C=CC(=O)OCCCCOc1ccc(/C=C/C(=O)Oc2ccc(S(=O)(=O)c3ccc(OC(=O)/C=C/c4ccc(OC)cc4)cc3)cc2)cc1. The highest BCUT2D eigenvalue weighted by molar-refractivity contribution is 7.91. The van der Waals surface area contributed by atoms with Crippen LogP contribution in [0.25, 0.3) is 12.2 Å². The maximum atomic E-state index is 13.1. The number of ether oxygens (including phenoxy) is 5. The summed E-state index contributed by atoms with van der Waals surface area (Å²) >= 11 is 0. The van der Waals surface area contributed by atoms with E-state index in [-0.39, 0.29) is 21.3 Å². The highest BCUT2D eigenvalue weighted by Crippen LogP contribution is 2.25. The highest BCUT2D eigenvalue weighted by Gasteiger charge is 2.18. The summed E-state index contributed by atoms with van der Waals surface area (Å²) in [5.74, 6) is -0.00847. The van der Waals surface area contributed by atoms with Crippen molar-refractivity contribution >= 4 is 39.9 Å². The molecule has 0 unspecified atom stereocenters. The molecule has 0 aliphatic rings. The van der Waals surface area contributed by atoms with Crippen molar-refractivity contribution in [3.8, 4) is 23.0 Å². The number of carbonyl (C=O) groups is 3. The first-order chi connectivity index (χ1) is 23.7. The second-order valence-corrected chi connectivity index (χ2v) is 12.2.